The molecule has 2 unspecified atom stereocenters. The maximum absolute atomic E-state index is 15.4. The van der Waals surface area contributed by atoms with Crippen molar-refractivity contribution in [2.75, 3.05) is 6.54 Å². The lowest BCUT2D eigenvalue weighted by Gasteiger charge is -2.44. The second kappa shape index (κ2) is 8.37. The summed E-state index contributed by atoms with van der Waals surface area (Å²) in [6.07, 6.45) is 2.94. The van der Waals surface area contributed by atoms with Gasteiger partial charge < -0.3 is 10.2 Å². The van der Waals surface area contributed by atoms with Crippen LogP contribution in [0.2, 0.25) is 0 Å². The zero-order valence-corrected chi connectivity index (χ0v) is 18.7. The van der Waals surface area contributed by atoms with Crippen molar-refractivity contribution in [2.45, 2.75) is 51.4 Å². The molecule has 2 aromatic rings. The molecule has 33 heavy (non-hydrogen) atoms. The first-order valence-electron chi connectivity index (χ1n) is 10.8. The van der Waals surface area contributed by atoms with Gasteiger partial charge in [0.1, 0.15) is 23.1 Å². The smallest absolute Gasteiger partial charge is 0.328 e. The number of phenols is 1. The van der Waals surface area contributed by atoms with Gasteiger partial charge in [0.2, 0.25) is 0 Å². The molecule has 4 nitrogen and oxygen atoms in total. The van der Waals surface area contributed by atoms with Crippen LogP contribution < -0.4 is 0 Å². The number of carboxylic acids is 1. The van der Waals surface area contributed by atoms with Gasteiger partial charge in [0.15, 0.2) is 0 Å². The van der Waals surface area contributed by atoms with Gasteiger partial charge in [0.05, 0.1) is 6.04 Å². The summed E-state index contributed by atoms with van der Waals surface area (Å²) < 4.78 is 45.6. The monoisotopic (exact) mass is 457 g/mol. The van der Waals surface area contributed by atoms with Crippen LogP contribution in [0.1, 0.15) is 55.5 Å². The third-order valence-electron chi connectivity index (χ3n) is 6.26. The average molecular weight is 457 g/mol. The minimum absolute atomic E-state index is 0.0171. The Kier molecular flexibility index (Phi) is 5.86. The van der Waals surface area contributed by atoms with Crippen LogP contribution in [0.25, 0.3) is 11.6 Å². The highest BCUT2D eigenvalue weighted by molar-refractivity contribution is 5.85. The number of phenolic OH excluding ortho intramolecular Hbond substituents is 1. The van der Waals surface area contributed by atoms with Crippen molar-refractivity contribution in [2.24, 2.45) is 0 Å². The first-order valence-corrected chi connectivity index (χ1v) is 10.8. The molecule has 7 heteroatoms. The van der Waals surface area contributed by atoms with Gasteiger partial charge in [0.25, 0.3) is 0 Å². The molecule has 4 rings (SSSR count). The fourth-order valence-corrected chi connectivity index (χ4v) is 5.03. The summed E-state index contributed by atoms with van der Waals surface area (Å²) in [7, 11) is 0. The van der Waals surface area contributed by atoms with Crippen LogP contribution in [0.3, 0.4) is 0 Å². The maximum atomic E-state index is 15.4. The normalized spacial score (nSPS) is 20.9. The van der Waals surface area contributed by atoms with E-state index in [4.69, 9.17) is 5.11 Å². The van der Waals surface area contributed by atoms with Crippen LogP contribution in [0.4, 0.5) is 13.2 Å². The van der Waals surface area contributed by atoms with Gasteiger partial charge in [-0.3, -0.25) is 4.90 Å². The molecule has 2 aromatic carbocycles. The summed E-state index contributed by atoms with van der Waals surface area (Å²) in [5, 5.41) is 18.7. The minimum atomic E-state index is -1.59. The van der Waals surface area contributed by atoms with Gasteiger partial charge in [-0.25, -0.2) is 18.0 Å². The Hall–Kier alpha value is -3.06. The Bertz CT molecular complexity index is 1160. The Morgan fingerprint density at radius 3 is 2.48 bits per heavy atom. The quantitative estimate of drug-likeness (QED) is 0.569. The van der Waals surface area contributed by atoms with Crippen molar-refractivity contribution < 1.29 is 28.2 Å². The molecule has 0 spiro atoms. The molecule has 0 bridgehead atoms. The van der Waals surface area contributed by atoms with Crippen molar-refractivity contribution in [3.8, 4) is 5.75 Å². The topological polar surface area (TPSA) is 60.8 Å². The Balaban J connectivity index is 1.87. The molecule has 2 atom stereocenters. The van der Waals surface area contributed by atoms with Crippen molar-refractivity contribution in [3.63, 3.8) is 0 Å². The predicted octanol–water partition coefficient (Wildman–Crippen LogP) is 5.66. The number of carbonyl (C=O) groups is 1. The van der Waals surface area contributed by atoms with Crippen LogP contribution in [0, 0.1) is 11.6 Å². The second-order valence-corrected chi connectivity index (χ2v) is 9.44. The van der Waals surface area contributed by atoms with Gasteiger partial charge in [-0.15, -0.1) is 0 Å². The molecular formula is C26H26F3NO3. The van der Waals surface area contributed by atoms with Crippen LogP contribution in [-0.4, -0.2) is 39.3 Å². The summed E-state index contributed by atoms with van der Waals surface area (Å²) >= 11 is 0. The first kappa shape index (κ1) is 23.1. The van der Waals surface area contributed by atoms with E-state index in [1.807, 2.05) is 13.0 Å². The molecule has 174 valence electrons. The lowest BCUT2D eigenvalue weighted by molar-refractivity contribution is -0.131. The summed E-state index contributed by atoms with van der Waals surface area (Å²) in [6.45, 7) is 4.78. The fourth-order valence-electron chi connectivity index (χ4n) is 5.03. The zero-order valence-electron chi connectivity index (χ0n) is 18.7. The number of alkyl halides is 1. The molecule has 0 fully saturated rings. The number of rotatable bonds is 5. The predicted molar refractivity (Wildman–Crippen MR) is 120 cm³/mol. The highest BCUT2D eigenvalue weighted by Crippen LogP contribution is 2.50. The SMILES string of the molecule is CC1CC2=C(Cc3cc(O)ccc32)C(c2c(F)cc(/C=C/C(=O)O)cc2F)N1CC(C)(C)F. The third kappa shape index (κ3) is 4.55. The first-order chi connectivity index (χ1) is 15.4. The fraction of sp³-hybridized carbons (Fsp3) is 0.346. The van der Waals surface area contributed by atoms with Crippen LogP contribution >= 0.6 is 0 Å². The van der Waals surface area contributed by atoms with Gasteiger partial charge in [0, 0.05) is 24.2 Å². The average Bonchev–Trinajstić information content (AvgIpc) is 3.04. The van der Waals surface area contributed by atoms with Crippen molar-refractivity contribution in [1.29, 1.82) is 0 Å². The molecule has 0 aromatic heterocycles. The molecule has 0 saturated heterocycles. The highest BCUT2D eigenvalue weighted by atomic mass is 19.1. The zero-order chi connectivity index (χ0) is 24.1. The van der Waals surface area contributed by atoms with Crippen LogP contribution in [0.15, 0.2) is 42.0 Å². The van der Waals surface area contributed by atoms with Gasteiger partial charge in [-0.05, 0) is 91.8 Å². The van der Waals surface area contributed by atoms with E-state index in [1.165, 1.54) is 13.8 Å². The highest BCUT2D eigenvalue weighted by Gasteiger charge is 2.43. The van der Waals surface area contributed by atoms with E-state index >= 15 is 8.78 Å². The van der Waals surface area contributed by atoms with Gasteiger partial charge in [-0.1, -0.05) is 6.07 Å². The molecule has 0 amide bonds. The van der Waals surface area contributed by atoms with E-state index in [0.717, 1.165) is 46.6 Å². The van der Waals surface area contributed by atoms with E-state index in [9.17, 15) is 14.3 Å². The number of hydrogen-bond acceptors (Lipinski definition) is 3. The van der Waals surface area contributed by atoms with E-state index in [-0.39, 0.29) is 29.5 Å². The van der Waals surface area contributed by atoms with Crippen LogP contribution in [-0.2, 0) is 11.2 Å². The molecule has 2 N–H and O–H groups in total. The third-order valence-corrected chi connectivity index (χ3v) is 6.26. The Labute approximate surface area is 190 Å². The number of carboxylic acid groups (broad SMARTS) is 1. The van der Waals surface area contributed by atoms with Crippen molar-refractivity contribution >= 4 is 17.6 Å². The number of hydrogen-bond donors (Lipinski definition) is 2. The van der Waals surface area contributed by atoms with E-state index in [1.54, 1.807) is 17.0 Å². The molecule has 1 heterocycles. The van der Waals surface area contributed by atoms with E-state index in [0.29, 0.717) is 12.8 Å². The summed E-state index contributed by atoms with van der Waals surface area (Å²) in [6, 6.07) is 6.26. The Morgan fingerprint density at radius 1 is 1.21 bits per heavy atom. The molecular weight excluding hydrogens is 431 g/mol. The number of halogens is 3. The number of nitrogens with zero attached hydrogens (tertiary/aromatic N) is 1. The second-order valence-electron chi connectivity index (χ2n) is 9.44. The summed E-state index contributed by atoms with van der Waals surface area (Å²) in [5.74, 6) is -2.73. The van der Waals surface area contributed by atoms with Crippen molar-refractivity contribution in [1.82, 2.24) is 4.90 Å². The molecule has 2 aliphatic rings. The number of aromatic hydroxyl groups is 1. The molecule has 0 saturated carbocycles. The number of fused-ring (bicyclic) bond motifs is 2. The lowest BCUT2D eigenvalue weighted by atomic mass is 9.83. The number of benzene rings is 2. The van der Waals surface area contributed by atoms with Crippen molar-refractivity contribution in [3.05, 3.63) is 75.9 Å². The van der Waals surface area contributed by atoms with E-state index < -0.39 is 29.3 Å². The number of aliphatic carboxylic acids is 1. The molecule has 0 radical (unpaired) electrons. The minimum Gasteiger partial charge on any atom is -0.508 e. The molecule has 1 aliphatic carbocycles. The van der Waals surface area contributed by atoms with Gasteiger partial charge >= 0.3 is 5.97 Å². The Morgan fingerprint density at radius 2 is 1.88 bits per heavy atom. The largest absolute Gasteiger partial charge is 0.508 e. The summed E-state index contributed by atoms with van der Waals surface area (Å²) in [5.41, 5.74) is 1.91. The van der Waals surface area contributed by atoms with Crippen LogP contribution in [0.5, 0.6) is 5.75 Å². The molecule has 1 aliphatic heterocycles. The standard InChI is InChI=1S/C26H26F3NO3/c1-14-8-19-18-6-5-17(31)11-16(18)12-20(19)25(30(14)13-26(2,3)29)24-21(27)9-15(10-22(24)28)4-7-23(32)33/h4-7,9-11,14,25,31H,8,12-13H2,1-3H3,(H,32,33)/b7-4+. The van der Waals surface area contributed by atoms with E-state index in [2.05, 4.69) is 0 Å². The maximum Gasteiger partial charge on any atom is 0.328 e. The lowest BCUT2D eigenvalue weighted by Crippen LogP contribution is -2.47. The van der Waals surface area contributed by atoms with Gasteiger partial charge in [-0.2, -0.15) is 0 Å². The summed E-state index contributed by atoms with van der Waals surface area (Å²) in [4.78, 5) is 12.6.